The zero-order valence-electron chi connectivity index (χ0n) is 17.5. The number of hydrogen-bond acceptors (Lipinski definition) is 3. The number of benzene rings is 1. The Labute approximate surface area is 174 Å². The fourth-order valence-electron chi connectivity index (χ4n) is 5.08. The normalized spacial score (nSPS) is 22.8. The van der Waals surface area contributed by atoms with Crippen molar-refractivity contribution in [2.45, 2.75) is 70.3 Å². The number of hydrogen-bond donors (Lipinski definition) is 0. The van der Waals surface area contributed by atoms with Gasteiger partial charge < -0.3 is 14.5 Å². The maximum Gasteiger partial charge on any atom is 0.253 e. The first-order valence-corrected chi connectivity index (χ1v) is 11.5. The summed E-state index contributed by atoms with van der Waals surface area (Å²) in [6, 6.07) is 7.66. The van der Waals surface area contributed by atoms with E-state index in [0.717, 1.165) is 56.6 Å². The van der Waals surface area contributed by atoms with Gasteiger partial charge >= 0.3 is 0 Å². The minimum absolute atomic E-state index is 0.115. The largest absolute Gasteiger partial charge is 0.491 e. The number of carbonyl (C=O) groups is 2. The van der Waals surface area contributed by atoms with Crippen molar-refractivity contribution in [3.63, 3.8) is 0 Å². The minimum Gasteiger partial charge on any atom is -0.491 e. The molecule has 3 fully saturated rings. The van der Waals surface area contributed by atoms with Crippen LogP contribution in [0, 0.1) is 5.92 Å². The molecule has 1 atom stereocenters. The summed E-state index contributed by atoms with van der Waals surface area (Å²) in [5.41, 5.74) is 0.726. The molecule has 4 rings (SSSR count). The lowest BCUT2D eigenvalue weighted by molar-refractivity contribution is -0.133. The zero-order chi connectivity index (χ0) is 20.1. The molecule has 0 N–H and O–H groups in total. The molecule has 0 aromatic heterocycles. The van der Waals surface area contributed by atoms with Gasteiger partial charge in [0, 0.05) is 31.6 Å². The average molecular weight is 399 g/mol. The zero-order valence-corrected chi connectivity index (χ0v) is 17.5. The van der Waals surface area contributed by atoms with Gasteiger partial charge in [-0.3, -0.25) is 9.59 Å². The molecule has 0 spiro atoms. The van der Waals surface area contributed by atoms with Crippen molar-refractivity contribution in [2.24, 2.45) is 5.92 Å². The highest BCUT2D eigenvalue weighted by atomic mass is 16.5. The molecule has 5 heteroatoms. The third-order valence-electron chi connectivity index (χ3n) is 6.82. The lowest BCUT2D eigenvalue weighted by atomic mass is 9.86. The third kappa shape index (κ3) is 5.12. The van der Waals surface area contributed by atoms with Gasteiger partial charge in [-0.25, -0.2) is 0 Å². The van der Waals surface area contributed by atoms with Gasteiger partial charge in [-0.05, 0) is 68.7 Å². The molecule has 2 heterocycles. The second kappa shape index (κ2) is 9.64. The fraction of sp³-hybridized carbons (Fsp3) is 0.667. The van der Waals surface area contributed by atoms with Crippen LogP contribution in [0.2, 0.25) is 0 Å². The van der Waals surface area contributed by atoms with Gasteiger partial charge in [0.2, 0.25) is 5.91 Å². The Bertz CT molecular complexity index is 691. The van der Waals surface area contributed by atoms with Gasteiger partial charge in [-0.15, -0.1) is 0 Å². The molecule has 158 valence electrons. The van der Waals surface area contributed by atoms with Gasteiger partial charge in [0.25, 0.3) is 5.91 Å². The quantitative estimate of drug-likeness (QED) is 0.719. The maximum atomic E-state index is 12.8. The van der Waals surface area contributed by atoms with Crippen molar-refractivity contribution in [2.75, 3.05) is 26.2 Å². The summed E-state index contributed by atoms with van der Waals surface area (Å²) in [6.45, 7) is 3.13. The number of rotatable bonds is 6. The van der Waals surface area contributed by atoms with Gasteiger partial charge in [0.05, 0.1) is 6.04 Å². The monoisotopic (exact) mass is 398 g/mol. The molecular weight excluding hydrogens is 364 g/mol. The smallest absolute Gasteiger partial charge is 0.253 e. The summed E-state index contributed by atoms with van der Waals surface area (Å²) in [7, 11) is 0. The number of nitrogens with zero attached hydrogens (tertiary/aromatic N) is 2. The predicted octanol–water partition coefficient (Wildman–Crippen LogP) is 4.26. The Morgan fingerprint density at radius 1 is 0.862 bits per heavy atom. The first kappa shape index (κ1) is 20.2. The maximum absolute atomic E-state index is 12.8. The van der Waals surface area contributed by atoms with Crippen molar-refractivity contribution in [1.82, 2.24) is 9.80 Å². The number of carbonyl (C=O) groups excluding carboxylic acids is 2. The van der Waals surface area contributed by atoms with Gasteiger partial charge in [0.1, 0.15) is 12.4 Å². The van der Waals surface area contributed by atoms with Crippen LogP contribution in [-0.4, -0.2) is 53.9 Å². The Morgan fingerprint density at radius 3 is 2.31 bits per heavy atom. The van der Waals surface area contributed by atoms with E-state index < -0.39 is 0 Å². The van der Waals surface area contributed by atoms with Crippen LogP contribution in [-0.2, 0) is 4.79 Å². The number of likely N-dealkylation sites (tertiary alicyclic amines) is 2. The second-order valence-corrected chi connectivity index (χ2v) is 8.93. The van der Waals surface area contributed by atoms with Crippen molar-refractivity contribution in [3.8, 4) is 5.75 Å². The Balaban J connectivity index is 1.27. The molecule has 2 amide bonds. The first-order valence-electron chi connectivity index (χ1n) is 11.5. The Hall–Kier alpha value is -2.04. The van der Waals surface area contributed by atoms with E-state index in [1.165, 1.54) is 32.1 Å². The van der Waals surface area contributed by atoms with Crippen LogP contribution < -0.4 is 4.74 Å². The van der Waals surface area contributed by atoms with E-state index in [9.17, 15) is 9.59 Å². The summed E-state index contributed by atoms with van der Waals surface area (Å²) in [6.07, 6.45) is 11.3. The minimum atomic E-state index is 0.115. The van der Waals surface area contributed by atoms with Crippen molar-refractivity contribution >= 4 is 11.8 Å². The summed E-state index contributed by atoms with van der Waals surface area (Å²) in [5, 5.41) is 0. The van der Waals surface area contributed by atoms with Gasteiger partial charge in [-0.1, -0.05) is 19.3 Å². The van der Waals surface area contributed by atoms with Gasteiger partial charge in [-0.2, -0.15) is 0 Å². The molecule has 1 aliphatic carbocycles. The lowest BCUT2D eigenvalue weighted by Crippen LogP contribution is -2.39. The highest BCUT2D eigenvalue weighted by Crippen LogP contribution is 2.29. The first-order chi connectivity index (χ1) is 14.2. The average Bonchev–Trinajstić information content (AvgIpc) is 3.45. The number of ether oxygens (including phenoxy) is 1. The van der Waals surface area contributed by atoms with Gasteiger partial charge in [0.15, 0.2) is 0 Å². The van der Waals surface area contributed by atoms with E-state index in [1.54, 1.807) is 0 Å². The van der Waals surface area contributed by atoms with Crippen molar-refractivity contribution in [1.29, 1.82) is 0 Å². The van der Waals surface area contributed by atoms with E-state index in [0.29, 0.717) is 24.9 Å². The molecular formula is C24H34N2O3. The highest BCUT2D eigenvalue weighted by Gasteiger charge is 2.30. The number of amides is 2. The van der Waals surface area contributed by atoms with Crippen LogP contribution in [0.25, 0.3) is 0 Å². The molecule has 0 unspecified atom stereocenters. The third-order valence-corrected chi connectivity index (χ3v) is 6.82. The topological polar surface area (TPSA) is 49.9 Å². The summed E-state index contributed by atoms with van der Waals surface area (Å²) in [5.74, 6) is 1.78. The molecule has 2 saturated heterocycles. The van der Waals surface area contributed by atoms with Crippen LogP contribution >= 0.6 is 0 Å². The van der Waals surface area contributed by atoms with Crippen LogP contribution in [0.5, 0.6) is 5.75 Å². The van der Waals surface area contributed by atoms with E-state index in [-0.39, 0.29) is 11.9 Å². The standard InChI is InChI=1S/C24H34N2O3/c27-23(17-19-7-2-1-3-8-19)26-16-6-9-21(26)18-29-22-12-10-20(11-13-22)24(28)25-14-4-5-15-25/h10-13,19,21H,1-9,14-18H2/t21-/m0/s1. The summed E-state index contributed by atoms with van der Waals surface area (Å²) in [4.78, 5) is 29.2. The fourth-order valence-corrected chi connectivity index (χ4v) is 5.08. The molecule has 0 radical (unpaired) electrons. The molecule has 29 heavy (non-hydrogen) atoms. The molecule has 1 aromatic rings. The lowest BCUT2D eigenvalue weighted by Gasteiger charge is -2.28. The highest BCUT2D eigenvalue weighted by molar-refractivity contribution is 5.94. The SMILES string of the molecule is O=C(c1ccc(OC[C@@H]2CCCN2C(=O)CC2CCCCC2)cc1)N1CCCC1. The molecule has 0 bridgehead atoms. The molecule has 1 aromatic carbocycles. The molecule has 1 saturated carbocycles. The van der Waals surface area contributed by atoms with E-state index in [4.69, 9.17) is 4.74 Å². The van der Waals surface area contributed by atoms with Crippen molar-refractivity contribution < 1.29 is 14.3 Å². The van der Waals surface area contributed by atoms with E-state index in [2.05, 4.69) is 4.90 Å². The van der Waals surface area contributed by atoms with E-state index >= 15 is 0 Å². The van der Waals surface area contributed by atoms with Crippen molar-refractivity contribution in [3.05, 3.63) is 29.8 Å². The molecule has 3 aliphatic rings. The second-order valence-electron chi connectivity index (χ2n) is 8.93. The van der Waals surface area contributed by atoms with Crippen LogP contribution in [0.15, 0.2) is 24.3 Å². The van der Waals surface area contributed by atoms with Crippen LogP contribution in [0.1, 0.15) is 74.6 Å². The van der Waals surface area contributed by atoms with E-state index in [1.807, 2.05) is 29.2 Å². The molecule has 2 aliphatic heterocycles. The predicted molar refractivity (Wildman–Crippen MR) is 113 cm³/mol. The van der Waals surface area contributed by atoms with Crippen LogP contribution in [0.3, 0.4) is 0 Å². The van der Waals surface area contributed by atoms with Crippen LogP contribution in [0.4, 0.5) is 0 Å². The summed E-state index contributed by atoms with van der Waals surface area (Å²) >= 11 is 0. The Kier molecular flexibility index (Phi) is 6.73. The Morgan fingerprint density at radius 2 is 1.59 bits per heavy atom. The summed E-state index contributed by atoms with van der Waals surface area (Å²) < 4.78 is 6.00. The molecule has 5 nitrogen and oxygen atoms in total.